The van der Waals surface area contributed by atoms with Crippen molar-refractivity contribution in [1.82, 2.24) is 19.7 Å². The molecule has 2 aromatic heterocycles. The van der Waals surface area contributed by atoms with Gasteiger partial charge in [0.1, 0.15) is 0 Å². The zero-order valence-electron chi connectivity index (χ0n) is 18.8. The number of pyridine rings is 1. The van der Waals surface area contributed by atoms with Crippen LogP contribution >= 0.6 is 11.8 Å². The largest absolute Gasteiger partial charge is 0.325 e. The van der Waals surface area contributed by atoms with Crippen molar-refractivity contribution in [2.24, 2.45) is 0 Å². The second-order valence-corrected chi connectivity index (χ2v) is 8.83. The first-order valence-corrected chi connectivity index (χ1v) is 12.0. The maximum atomic E-state index is 12.6. The van der Waals surface area contributed by atoms with Crippen LogP contribution in [0.1, 0.15) is 37.3 Å². The number of anilines is 1. The summed E-state index contributed by atoms with van der Waals surface area (Å²) in [6, 6.07) is 22.1. The molecular formula is C26H27N5OS. The number of amides is 1. The van der Waals surface area contributed by atoms with Gasteiger partial charge in [0.05, 0.1) is 12.3 Å². The lowest BCUT2D eigenvalue weighted by Gasteiger charge is -2.11. The number of carbonyl (C=O) groups excluding carboxylic acids is 1. The Kier molecular flexibility index (Phi) is 7.52. The first kappa shape index (κ1) is 22.7. The molecule has 0 saturated carbocycles. The maximum Gasteiger partial charge on any atom is 0.234 e. The second-order valence-electron chi connectivity index (χ2n) is 7.89. The van der Waals surface area contributed by atoms with Gasteiger partial charge in [-0.1, -0.05) is 68.1 Å². The predicted molar refractivity (Wildman–Crippen MR) is 133 cm³/mol. The van der Waals surface area contributed by atoms with E-state index in [0.717, 1.165) is 29.1 Å². The quantitative estimate of drug-likeness (QED) is 0.330. The summed E-state index contributed by atoms with van der Waals surface area (Å²) in [5.74, 6) is 1.41. The molecule has 0 aliphatic carbocycles. The molecule has 0 aliphatic rings. The summed E-state index contributed by atoms with van der Waals surface area (Å²) in [6.07, 6.45) is 4.60. The van der Waals surface area contributed by atoms with E-state index in [-0.39, 0.29) is 11.7 Å². The van der Waals surface area contributed by atoms with Crippen molar-refractivity contribution in [1.29, 1.82) is 0 Å². The highest BCUT2D eigenvalue weighted by Gasteiger charge is 2.16. The summed E-state index contributed by atoms with van der Waals surface area (Å²) in [6.45, 7) is 4.99. The van der Waals surface area contributed by atoms with E-state index in [1.54, 1.807) is 12.4 Å². The van der Waals surface area contributed by atoms with Crippen LogP contribution in [0.25, 0.3) is 11.4 Å². The van der Waals surface area contributed by atoms with Crippen molar-refractivity contribution in [2.45, 2.75) is 37.9 Å². The number of aromatic nitrogens is 4. The molecule has 4 rings (SSSR count). The Labute approximate surface area is 198 Å². The van der Waals surface area contributed by atoms with E-state index in [2.05, 4.69) is 58.6 Å². The average molecular weight is 458 g/mol. The van der Waals surface area contributed by atoms with E-state index in [4.69, 9.17) is 0 Å². The van der Waals surface area contributed by atoms with Crippen LogP contribution < -0.4 is 5.32 Å². The number of nitrogens with one attached hydrogen (secondary N) is 1. The van der Waals surface area contributed by atoms with Crippen molar-refractivity contribution in [3.05, 3.63) is 90.3 Å². The lowest BCUT2D eigenvalue weighted by Crippen LogP contribution is -2.15. The number of benzene rings is 2. The first-order valence-electron chi connectivity index (χ1n) is 11.0. The summed E-state index contributed by atoms with van der Waals surface area (Å²) in [5, 5.41) is 12.4. The average Bonchev–Trinajstić information content (AvgIpc) is 3.26. The smallest absolute Gasteiger partial charge is 0.234 e. The minimum Gasteiger partial charge on any atom is -0.325 e. The molecule has 0 radical (unpaired) electrons. The molecule has 4 aromatic rings. The second kappa shape index (κ2) is 10.9. The molecule has 2 aromatic carbocycles. The fraction of sp³-hybridized carbons (Fsp3) is 0.231. The molecule has 0 fully saturated rings. The van der Waals surface area contributed by atoms with Gasteiger partial charge < -0.3 is 5.32 Å². The standard InChI is InChI=1S/C26H27N5OS/c1-3-19(2)21-11-13-23(14-12-21)28-24(32)18-33-26-30-29-25(22-10-7-15-27-16-22)31(26)17-20-8-5-4-6-9-20/h4-16,19H,3,17-18H2,1-2H3,(H,28,32). The van der Waals surface area contributed by atoms with Gasteiger partial charge in [0.2, 0.25) is 5.91 Å². The first-order chi connectivity index (χ1) is 16.1. The van der Waals surface area contributed by atoms with Crippen LogP contribution in [-0.4, -0.2) is 31.4 Å². The third kappa shape index (κ3) is 5.87. The van der Waals surface area contributed by atoms with Crippen LogP contribution in [0.15, 0.2) is 84.3 Å². The van der Waals surface area contributed by atoms with E-state index < -0.39 is 0 Å². The molecule has 1 atom stereocenters. The zero-order chi connectivity index (χ0) is 23.0. The Balaban J connectivity index is 1.47. The highest BCUT2D eigenvalue weighted by molar-refractivity contribution is 7.99. The van der Waals surface area contributed by atoms with Gasteiger partial charge in [-0.25, -0.2) is 0 Å². The Hall–Kier alpha value is -3.45. The molecule has 1 amide bonds. The van der Waals surface area contributed by atoms with Gasteiger partial charge in [-0.2, -0.15) is 0 Å². The monoisotopic (exact) mass is 457 g/mol. The fourth-order valence-corrected chi connectivity index (χ4v) is 4.21. The maximum absolute atomic E-state index is 12.6. The number of rotatable bonds is 9. The van der Waals surface area contributed by atoms with E-state index in [1.165, 1.54) is 17.3 Å². The van der Waals surface area contributed by atoms with Crippen LogP contribution in [0.5, 0.6) is 0 Å². The van der Waals surface area contributed by atoms with E-state index in [9.17, 15) is 4.79 Å². The minimum atomic E-state index is -0.0755. The molecular weight excluding hydrogens is 430 g/mol. The molecule has 168 valence electrons. The third-order valence-corrected chi connectivity index (χ3v) is 6.50. The normalized spacial score (nSPS) is 11.8. The van der Waals surface area contributed by atoms with Gasteiger partial charge in [0.15, 0.2) is 11.0 Å². The van der Waals surface area contributed by atoms with Crippen molar-refractivity contribution in [3.63, 3.8) is 0 Å². The van der Waals surface area contributed by atoms with E-state index >= 15 is 0 Å². The number of hydrogen-bond acceptors (Lipinski definition) is 5. The topological polar surface area (TPSA) is 72.7 Å². The summed E-state index contributed by atoms with van der Waals surface area (Å²) in [5.41, 5.74) is 4.10. The predicted octanol–water partition coefficient (Wildman–Crippen LogP) is 5.63. The van der Waals surface area contributed by atoms with Gasteiger partial charge in [0, 0.05) is 23.6 Å². The Morgan fingerprint density at radius 1 is 1.03 bits per heavy atom. The summed E-state index contributed by atoms with van der Waals surface area (Å²) in [7, 11) is 0. The van der Waals surface area contributed by atoms with Gasteiger partial charge in [-0.3, -0.25) is 14.3 Å². The number of nitrogens with zero attached hydrogens (tertiary/aromatic N) is 4. The van der Waals surface area contributed by atoms with Crippen molar-refractivity contribution >= 4 is 23.4 Å². The van der Waals surface area contributed by atoms with Gasteiger partial charge in [-0.05, 0) is 47.7 Å². The van der Waals surface area contributed by atoms with Crippen LogP contribution in [0.2, 0.25) is 0 Å². The Morgan fingerprint density at radius 3 is 2.52 bits per heavy atom. The van der Waals surface area contributed by atoms with Gasteiger partial charge >= 0.3 is 0 Å². The van der Waals surface area contributed by atoms with Crippen LogP contribution in [-0.2, 0) is 11.3 Å². The number of hydrogen-bond donors (Lipinski definition) is 1. The molecule has 6 nitrogen and oxygen atoms in total. The molecule has 0 saturated heterocycles. The Bertz CT molecular complexity index is 1180. The summed E-state index contributed by atoms with van der Waals surface area (Å²) >= 11 is 1.38. The molecule has 7 heteroatoms. The lowest BCUT2D eigenvalue weighted by atomic mass is 9.99. The lowest BCUT2D eigenvalue weighted by molar-refractivity contribution is -0.113. The molecule has 1 unspecified atom stereocenters. The highest BCUT2D eigenvalue weighted by Crippen LogP contribution is 2.25. The van der Waals surface area contributed by atoms with Crippen LogP contribution in [0.3, 0.4) is 0 Å². The molecule has 0 spiro atoms. The van der Waals surface area contributed by atoms with Crippen LogP contribution in [0, 0.1) is 0 Å². The molecule has 0 bridgehead atoms. The third-order valence-electron chi connectivity index (χ3n) is 5.53. The summed E-state index contributed by atoms with van der Waals surface area (Å²) < 4.78 is 2.03. The minimum absolute atomic E-state index is 0.0755. The molecule has 1 N–H and O–H groups in total. The van der Waals surface area contributed by atoms with Gasteiger partial charge in [-0.15, -0.1) is 10.2 Å². The SMILES string of the molecule is CCC(C)c1ccc(NC(=O)CSc2nnc(-c3cccnc3)n2Cc2ccccc2)cc1. The summed E-state index contributed by atoms with van der Waals surface area (Å²) in [4.78, 5) is 16.8. The number of carbonyl (C=O) groups is 1. The van der Waals surface area contributed by atoms with E-state index in [1.807, 2.05) is 47.0 Å². The van der Waals surface area contributed by atoms with Crippen LogP contribution in [0.4, 0.5) is 5.69 Å². The van der Waals surface area contributed by atoms with E-state index in [0.29, 0.717) is 17.6 Å². The zero-order valence-corrected chi connectivity index (χ0v) is 19.6. The van der Waals surface area contributed by atoms with Gasteiger partial charge in [0.25, 0.3) is 0 Å². The molecule has 2 heterocycles. The highest BCUT2D eigenvalue weighted by atomic mass is 32.2. The fourth-order valence-electron chi connectivity index (χ4n) is 3.47. The van der Waals surface area contributed by atoms with Crippen molar-refractivity contribution < 1.29 is 4.79 Å². The van der Waals surface area contributed by atoms with Crippen molar-refractivity contribution in [2.75, 3.05) is 11.1 Å². The van der Waals surface area contributed by atoms with Crippen molar-refractivity contribution in [3.8, 4) is 11.4 Å². The number of thioether (sulfide) groups is 1. The molecule has 0 aliphatic heterocycles. The molecule has 33 heavy (non-hydrogen) atoms. The Morgan fingerprint density at radius 2 is 1.82 bits per heavy atom.